The third-order valence-electron chi connectivity index (χ3n) is 2.75. The molecule has 0 heterocycles. The SMILES string of the molecule is CCCCCNC(=O)C(C)NCC(C)S(C)=O. The van der Waals surface area contributed by atoms with Crippen LogP contribution in [0.4, 0.5) is 0 Å². The Bertz CT molecular complexity index is 247. The van der Waals surface area contributed by atoms with Crippen molar-refractivity contribution >= 4 is 16.7 Å². The molecule has 0 rings (SSSR count). The van der Waals surface area contributed by atoms with Crippen molar-refractivity contribution in [1.29, 1.82) is 0 Å². The number of hydrogen-bond donors (Lipinski definition) is 2. The lowest BCUT2D eigenvalue weighted by Gasteiger charge is -2.16. The van der Waals surface area contributed by atoms with Gasteiger partial charge in [-0.15, -0.1) is 0 Å². The highest BCUT2D eigenvalue weighted by Crippen LogP contribution is 1.93. The first-order valence-electron chi connectivity index (χ1n) is 6.32. The molecule has 4 nitrogen and oxygen atoms in total. The molecule has 0 aromatic carbocycles. The van der Waals surface area contributed by atoms with Gasteiger partial charge >= 0.3 is 0 Å². The summed E-state index contributed by atoms with van der Waals surface area (Å²) in [6.45, 7) is 7.23. The number of nitrogens with one attached hydrogen (secondary N) is 2. The maximum atomic E-state index is 11.6. The van der Waals surface area contributed by atoms with Gasteiger partial charge in [0, 0.05) is 35.4 Å². The predicted octanol–water partition coefficient (Wildman–Crippen LogP) is 1.04. The zero-order valence-corrected chi connectivity index (χ0v) is 12.2. The van der Waals surface area contributed by atoms with Gasteiger partial charge in [0.15, 0.2) is 0 Å². The van der Waals surface area contributed by atoms with Crippen molar-refractivity contribution in [2.45, 2.75) is 51.3 Å². The number of hydrogen-bond acceptors (Lipinski definition) is 3. The first-order chi connectivity index (χ1) is 7.99. The topological polar surface area (TPSA) is 58.2 Å². The van der Waals surface area contributed by atoms with E-state index in [1.807, 2.05) is 13.8 Å². The molecule has 2 N–H and O–H groups in total. The van der Waals surface area contributed by atoms with Gasteiger partial charge in [0.1, 0.15) is 0 Å². The number of carbonyl (C=O) groups is 1. The quantitative estimate of drug-likeness (QED) is 0.610. The van der Waals surface area contributed by atoms with E-state index in [1.165, 1.54) is 0 Å². The van der Waals surface area contributed by atoms with Crippen LogP contribution in [0.1, 0.15) is 40.0 Å². The third kappa shape index (κ3) is 8.32. The minimum atomic E-state index is -0.842. The molecule has 0 aliphatic heterocycles. The lowest BCUT2D eigenvalue weighted by atomic mass is 10.2. The standard InChI is InChI=1S/C12H26N2O2S/c1-5-6-7-8-13-12(15)11(3)14-9-10(2)17(4)16/h10-11,14H,5-9H2,1-4H3,(H,13,15). The molecule has 0 spiro atoms. The van der Waals surface area contributed by atoms with Crippen molar-refractivity contribution in [3.05, 3.63) is 0 Å². The van der Waals surface area contributed by atoms with Crippen LogP contribution in [0.2, 0.25) is 0 Å². The van der Waals surface area contributed by atoms with E-state index in [0.717, 1.165) is 25.8 Å². The van der Waals surface area contributed by atoms with Gasteiger partial charge in [0.2, 0.25) is 5.91 Å². The number of rotatable bonds is 9. The minimum absolute atomic E-state index is 0.0233. The van der Waals surface area contributed by atoms with Crippen molar-refractivity contribution in [3.8, 4) is 0 Å². The molecule has 0 bridgehead atoms. The van der Waals surface area contributed by atoms with Gasteiger partial charge in [-0.05, 0) is 20.3 Å². The highest BCUT2D eigenvalue weighted by molar-refractivity contribution is 7.84. The average Bonchev–Trinajstić information content (AvgIpc) is 2.30. The van der Waals surface area contributed by atoms with E-state index < -0.39 is 10.8 Å². The first kappa shape index (κ1) is 16.6. The number of unbranched alkanes of at least 4 members (excludes halogenated alkanes) is 2. The third-order valence-corrected chi connectivity index (χ3v) is 4.05. The molecule has 102 valence electrons. The van der Waals surface area contributed by atoms with Crippen molar-refractivity contribution in [2.75, 3.05) is 19.3 Å². The van der Waals surface area contributed by atoms with Crippen LogP contribution in [0.3, 0.4) is 0 Å². The summed E-state index contributed by atoms with van der Waals surface area (Å²) in [5, 5.41) is 6.07. The summed E-state index contributed by atoms with van der Waals surface area (Å²) >= 11 is 0. The smallest absolute Gasteiger partial charge is 0.236 e. The Balaban J connectivity index is 3.70. The fourth-order valence-corrected chi connectivity index (χ4v) is 1.62. The molecule has 3 atom stereocenters. The normalized spacial score (nSPS) is 16.2. The molecular weight excluding hydrogens is 236 g/mol. The van der Waals surface area contributed by atoms with Gasteiger partial charge in [-0.2, -0.15) is 0 Å². The van der Waals surface area contributed by atoms with Crippen molar-refractivity contribution in [2.24, 2.45) is 0 Å². The van der Waals surface area contributed by atoms with Crippen molar-refractivity contribution < 1.29 is 9.00 Å². The van der Waals surface area contributed by atoms with E-state index in [2.05, 4.69) is 17.6 Å². The van der Waals surface area contributed by atoms with E-state index in [9.17, 15) is 9.00 Å². The van der Waals surface area contributed by atoms with Crippen LogP contribution < -0.4 is 10.6 Å². The molecule has 3 unspecified atom stereocenters. The van der Waals surface area contributed by atoms with Crippen molar-refractivity contribution in [3.63, 3.8) is 0 Å². The lowest BCUT2D eigenvalue weighted by Crippen LogP contribution is -2.45. The second-order valence-corrected chi connectivity index (χ2v) is 6.24. The monoisotopic (exact) mass is 262 g/mol. The molecule has 5 heteroatoms. The number of carbonyl (C=O) groups excluding carboxylic acids is 1. The molecular formula is C12H26N2O2S. The second kappa shape index (κ2) is 9.59. The van der Waals surface area contributed by atoms with Gasteiger partial charge < -0.3 is 10.6 Å². The first-order valence-corrected chi connectivity index (χ1v) is 7.94. The van der Waals surface area contributed by atoms with E-state index in [1.54, 1.807) is 6.26 Å². The molecule has 0 aliphatic rings. The van der Waals surface area contributed by atoms with Crippen molar-refractivity contribution in [1.82, 2.24) is 10.6 Å². The second-order valence-electron chi connectivity index (χ2n) is 4.44. The molecule has 0 saturated heterocycles. The Kier molecular flexibility index (Phi) is 9.36. The Labute approximate surface area is 107 Å². The van der Waals surface area contributed by atoms with Gasteiger partial charge in [0.05, 0.1) is 6.04 Å². The molecule has 1 amide bonds. The van der Waals surface area contributed by atoms with E-state index in [0.29, 0.717) is 6.54 Å². The van der Waals surface area contributed by atoms with Gasteiger partial charge in [-0.3, -0.25) is 9.00 Å². The summed E-state index contributed by atoms with van der Waals surface area (Å²) in [6.07, 6.45) is 5.02. The number of amides is 1. The summed E-state index contributed by atoms with van der Waals surface area (Å²) in [7, 11) is -0.842. The maximum Gasteiger partial charge on any atom is 0.236 e. The summed E-state index contributed by atoms with van der Waals surface area (Å²) in [5.74, 6) is 0.0233. The Morgan fingerprint density at radius 2 is 1.94 bits per heavy atom. The van der Waals surface area contributed by atoms with Gasteiger partial charge in [-0.1, -0.05) is 19.8 Å². The lowest BCUT2D eigenvalue weighted by molar-refractivity contribution is -0.122. The Hall–Kier alpha value is -0.420. The molecule has 0 aromatic heterocycles. The largest absolute Gasteiger partial charge is 0.355 e. The maximum absolute atomic E-state index is 11.6. The zero-order chi connectivity index (χ0) is 13.3. The van der Waals surface area contributed by atoms with Crippen LogP contribution in [-0.4, -0.2) is 40.8 Å². The van der Waals surface area contributed by atoms with Gasteiger partial charge in [0.25, 0.3) is 0 Å². The van der Waals surface area contributed by atoms with Crippen LogP contribution in [0.15, 0.2) is 0 Å². The summed E-state index contributed by atoms with van der Waals surface area (Å²) in [6, 6.07) is -0.220. The molecule has 17 heavy (non-hydrogen) atoms. The predicted molar refractivity (Wildman–Crippen MR) is 73.5 cm³/mol. The van der Waals surface area contributed by atoms with E-state index in [4.69, 9.17) is 0 Å². The highest BCUT2D eigenvalue weighted by Gasteiger charge is 2.13. The Morgan fingerprint density at radius 1 is 1.29 bits per heavy atom. The summed E-state index contributed by atoms with van der Waals surface area (Å²) in [4.78, 5) is 11.6. The van der Waals surface area contributed by atoms with E-state index in [-0.39, 0.29) is 17.2 Å². The van der Waals surface area contributed by atoms with Crippen LogP contribution in [0, 0.1) is 0 Å². The Morgan fingerprint density at radius 3 is 2.47 bits per heavy atom. The summed E-state index contributed by atoms with van der Waals surface area (Å²) < 4.78 is 11.1. The zero-order valence-electron chi connectivity index (χ0n) is 11.4. The fourth-order valence-electron chi connectivity index (χ4n) is 1.29. The van der Waals surface area contributed by atoms with Crippen LogP contribution in [0.25, 0.3) is 0 Å². The molecule has 0 fully saturated rings. The average molecular weight is 262 g/mol. The van der Waals surface area contributed by atoms with E-state index >= 15 is 0 Å². The molecule has 0 aromatic rings. The highest BCUT2D eigenvalue weighted by atomic mass is 32.2. The minimum Gasteiger partial charge on any atom is -0.355 e. The fraction of sp³-hybridized carbons (Fsp3) is 0.917. The van der Waals surface area contributed by atoms with Crippen LogP contribution in [-0.2, 0) is 15.6 Å². The van der Waals surface area contributed by atoms with Crippen LogP contribution in [0.5, 0.6) is 0 Å². The van der Waals surface area contributed by atoms with Crippen LogP contribution >= 0.6 is 0 Å². The van der Waals surface area contributed by atoms with Gasteiger partial charge in [-0.25, -0.2) is 0 Å². The summed E-state index contributed by atoms with van der Waals surface area (Å²) in [5.41, 5.74) is 0. The molecule has 0 radical (unpaired) electrons. The molecule has 0 saturated carbocycles. The molecule has 0 aliphatic carbocycles.